The van der Waals surface area contributed by atoms with Crippen molar-refractivity contribution in [2.24, 2.45) is 0 Å². The van der Waals surface area contributed by atoms with Crippen LogP contribution in [-0.2, 0) is 9.47 Å². The molecule has 18 heavy (non-hydrogen) atoms. The van der Waals surface area contributed by atoms with E-state index in [0.717, 1.165) is 5.30 Å². The van der Waals surface area contributed by atoms with Gasteiger partial charge in [-0.15, -0.1) is 0 Å². The van der Waals surface area contributed by atoms with E-state index in [1.807, 2.05) is 0 Å². The number of hydrogen-bond donors (Lipinski definition) is 1. The second-order valence-corrected chi connectivity index (χ2v) is 4.43. The standard InChI is InChI=1S/C12H16NO4P/c1-3-16-11(14)13-9-7-5-6-8-10(9)18-12(15)17-4-2/h5-8,18H,3-4H2,1-2H3,(H,13,14). The largest absolute Gasteiger partial charge is 0.463 e. The van der Waals surface area contributed by atoms with Crippen molar-refractivity contribution in [1.29, 1.82) is 0 Å². The molecule has 0 bridgehead atoms. The maximum absolute atomic E-state index is 11.4. The predicted molar refractivity (Wildman–Crippen MR) is 72.1 cm³/mol. The van der Waals surface area contributed by atoms with Crippen LogP contribution in [0.15, 0.2) is 24.3 Å². The summed E-state index contributed by atoms with van der Waals surface area (Å²) in [5.41, 5.74) is 0.276. The van der Waals surface area contributed by atoms with E-state index in [9.17, 15) is 9.59 Å². The molecule has 1 aromatic carbocycles. The summed E-state index contributed by atoms with van der Waals surface area (Å²) in [6, 6.07) is 7.08. The summed E-state index contributed by atoms with van der Waals surface area (Å²) in [5, 5.41) is 3.32. The summed E-state index contributed by atoms with van der Waals surface area (Å²) in [6.45, 7) is 4.13. The zero-order valence-electron chi connectivity index (χ0n) is 10.4. The Morgan fingerprint density at radius 1 is 1.17 bits per heavy atom. The van der Waals surface area contributed by atoms with Gasteiger partial charge < -0.3 is 9.47 Å². The minimum absolute atomic E-state index is 0.146. The molecule has 0 aliphatic carbocycles. The molecule has 0 spiro atoms. The third-order valence-electron chi connectivity index (χ3n) is 1.95. The van der Waals surface area contributed by atoms with E-state index in [2.05, 4.69) is 5.32 Å². The maximum Gasteiger partial charge on any atom is 0.411 e. The van der Waals surface area contributed by atoms with E-state index < -0.39 is 6.09 Å². The second kappa shape index (κ2) is 7.67. The molecule has 0 heterocycles. The van der Waals surface area contributed by atoms with Gasteiger partial charge in [-0.2, -0.15) is 0 Å². The fourth-order valence-corrected chi connectivity index (χ4v) is 2.15. The lowest BCUT2D eigenvalue weighted by atomic mass is 10.3. The first-order valence-corrected chi connectivity index (χ1v) is 6.64. The quantitative estimate of drug-likeness (QED) is 0.835. The summed E-state index contributed by atoms with van der Waals surface area (Å²) in [4.78, 5) is 22.8. The minimum atomic E-state index is -0.529. The molecule has 1 unspecified atom stereocenters. The van der Waals surface area contributed by atoms with Crippen molar-refractivity contribution in [1.82, 2.24) is 0 Å². The fraction of sp³-hybridized carbons (Fsp3) is 0.333. The molecule has 1 N–H and O–H groups in total. The van der Waals surface area contributed by atoms with Crippen LogP contribution < -0.4 is 10.6 Å². The molecule has 1 atom stereocenters. The van der Waals surface area contributed by atoms with Gasteiger partial charge in [0.25, 0.3) is 0 Å². The lowest BCUT2D eigenvalue weighted by molar-refractivity contribution is 0.168. The topological polar surface area (TPSA) is 64.6 Å². The Morgan fingerprint density at radius 2 is 1.83 bits per heavy atom. The van der Waals surface area contributed by atoms with Gasteiger partial charge in [0.2, 0.25) is 0 Å². The minimum Gasteiger partial charge on any atom is -0.463 e. The van der Waals surface area contributed by atoms with Gasteiger partial charge in [0.1, 0.15) is 0 Å². The van der Waals surface area contributed by atoms with Crippen LogP contribution >= 0.6 is 8.58 Å². The van der Waals surface area contributed by atoms with Crippen LogP contribution in [0, 0.1) is 0 Å². The highest BCUT2D eigenvalue weighted by Crippen LogP contribution is 2.19. The van der Waals surface area contributed by atoms with E-state index >= 15 is 0 Å². The van der Waals surface area contributed by atoms with Gasteiger partial charge >= 0.3 is 11.8 Å². The molecule has 0 aromatic heterocycles. The molecule has 0 fully saturated rings. The van der Waals surface area contributed by atoms with Gasteiger partial charge in [0.15, 0.2) is 0 Å². The molecule has 1 aromatic rings. The van der Waals surface area contributed by atoms with E-state index in [4.69, 9.17) is 9.47 Å². The lowest BCUT2D eigenvalue weighted by Gasteiger charge is -2.10. The summed E-state index contributed by atoms with van der Waals surface area (Å²) >= 11 is 0. The smallest absolute Gasteiger partial charge is 0.411 e. The van der Waals surface area contributed by atoms with E-state index in [1.54, 1.807) is 38.1 Å². The molecule has 1 rings (SSSR count). The van der Waals surface area contributed by atoms with Gasteiger partial charge in [-0.3, -0.25) is 5.32 Å². The Bertz CT molecular complexity index is 383. The number of hydrogen-bond acceptors (Lipinski definition) is 4. The normalized spacial score (nSPS) is 10.3. The van der Waals surface area contributed by atoms with Crippen molar-refractivity contribution in [3.05, 3.63) is 24.3 Å². The number of rotatable bonds is 5. The summed E-state index contributed by atoms with van der Waals surface area (Å²) < 4.78 is 9.67. The van der Waals surface area contributed by atoms with E-state index in [-0.39, 0.29) is 14.3 Å². The number of carbonyl (C=O) groups excluding carboxylic acids is 2. The van der Waals surface area contributed by atoms with Crippen molar-refractivity contribution >= 4 is 31.4 Å². The molecule has 1 amide bonds. The van der Waals surface area contributed by atoms with Crippen molar-refractivity contribution in [3.63, 3.8) is 0 Å². The Labute approximate surface area is 108 Å². The first-order chi connectivity index (χ1) is 8.67. The average Bonchev–Trinajstić information content (AvgIpc) is 2.32. The number of para-hydroxylation sites is 1. The van der Waals surface area contributed by atoms with Crippen molar-refractivity contribution in [2.75, 3.05) is 18.5 Å². The molecule has 0 saturated heterocycles. The SMILES string of the molecule is CCOC(=O)Nc1ccccc1PC(=O)OCC. The number of anilines is 1. The Kier molecular flexibility index (Phi) is 6.15. The van der Waals surface area contributed by atoms with Gasteiger partial charge in [0, 0.05) is 13.9 Å². The first kappa shape index (κ1) is 14.5. The molecule has 6 heteroatoms. The molecule has 5 nitrogen and oxygen atoms in total. The number of carbonyl (C=O) groups is 2. The van der Waals surface area contributed by atoms with Crippen LogP contribution in [0.25, 0.3) is 0 Å². The Balaban J connectivity index is 2.73. The lowest BCUT2D eigenvalue weighted by Crippen LogP contribution is -2.18. The Hall–Kier alpha value is -1.61. The number of ether oxygens (including phenoxy) is 2. The molecule has 0 saturated carbocycles. The van der Waals surface area contributed by atoms with Crippen molar-refractivity contribution in [2.45, 2.75) is 13.8 Å². The van der Waals surface area contributed by atoms with Crippen LogP contribution in [0.5, 0.6) is 0 Å². The molecule has 0 aliphatic rings. The first-order valence-electron chi connectivity index (χ1n) is 5.64. The monoisotopic (exact) mass is 269 g/mol. The molecule has 0 radical (unpaired) electrons. The average molecular weight is 269 g/mol. The highest BCUT2D eigenvalue weighted by atomic mass is 31.1. The third kappa shape index (κ3) is 4.72. The second-order valence-electron chi connectivity index (χ2n) is 3.24. The van der Waals surface area contributed by atoms with Gasteiger partial charge in [-0.1, -0.05) is 18.2 Å². The number of nitrogens with one attached hydrogen (secondary N) is 1. The van der Waals surface area contributed by atoms with Crippen LogP contribution in [0.1, 0.15) is 13.8 Å². The van der Waals surface area contributed by atoms with Crippen molar-refractivity contribution in [3.8, 4) is 0 Å². The van der Waals surface area contributed by atoms with Gasteiger partial charge in [-0.25, -0.2) is 9.59 Å². The zero-order valence-corrected chi connectivity index (χ0v) is 11.4. The Morgan fingerprint density at radius 3 is 2.50 bits per heavy atom. The molecule has 0 aliphatic heterocycles. The number of amides is 1. The zero-order chi connectivity index (χ0) is 13.4. The summed E-state index contributed by atoms with van der Waals surface area (Å²) in [7, 11) is -0.146. The highest BCUT2D eigenvalue weighted by Gasteiger charge is 2.10. The summed E-state index contributed by atoms with van der Waals surface area (Å²) in [5.74, 6) is 0. The molecule has 98 valence electrons. The fourth-order valence-electron chi connectivity index (χ4n) is 1.26. The number of benzene rings is 1. The van der Waals surface area contributed by atoms with E-state index in [0.29, 0.717) is 18.9 Å². The molecular weight excluding hydrogens is 253 g/mol. The van der Waals surface area contributed by atoms with Crippen LogP contribution in [0.3, 0.4) is 0 Å². The maximum atomic E-state index is 11.4. The highest BCUT2D eigenvalue weighted by molar-refractivity contribution is 7.65. The van der Waals surface area contributed by atoms with E-state index in [1.165, 1.54) is 0 Å². The van der Waals surface area contributed by atoms with Gasteiger partial charge in [-0.05, 0) is 19.9 Å². The predicted octanol–water partition coefficient (Wildman–Crippen LogP) is 2.72. The van der Waals surface area contributed by atoms with Crippen LogP contribution in [0.4, 0.5) is 15.3 Å². The molecular formula is C12H16NO4P. The van der Waals surface area contributed by atoms with Crippen molar-refractivity contribution < 1.29 is 19.1 Å². The van der Waals surface area contributed by atoms with Crippen LogP contribution in [0.2, 0.25) is 0 Å². The van der Waals surface area contributed by atoms with Crippen LogP contribution in [-0.4, -0.2) is 25.0 Å². The third-order valence-corrected chi connectivity index (χ3v) is 3.01. The van der Waals surface area contributed by atoms with Gasteiger partial charge in [0.05, 0.1) is 18.9 Å². The summed E-state index contributed by atoms with van der Waals surface area (Å²) in [6.07, 6.45) is -0.529.